The highest BCUT2D eigenvalue weighted by Crippen LogP contribution is 2.08. The van der Waals surface area contributed by atoms with E-state index in [-0.39, 0.29) is 5.69 Å². The van der Waals surface area contributed by atoms with Crippen LogP contribution in [-0.2, 0) is 6.54 Å². The van der Waals surface area contributed by atoms with Crippen molar-refractivity contribution in [2.75, 3.05) is 6.54 Å². The Morgan fingerprint density at radius 3 is 2.85 bits per heavy atom. The highest BCUT2D eigenvalue weighted by molar-refractivity contribution is 5.92. The van der Waals surface area contributed by atoms with Crippen molar-refractivity contribution in [3.05, 3.63) is 35.9 Å². The first kappa shape index (κ1) is 14.2. The highest BCUT2D eigenvalue weighted by Gasteiger charge is 2.12. The molecule has 8 heteroatoms. The van der Waals surface area contributed by atoms with Crippen LogP contribution in [0.5, 0.6) is 0 Å². The van der Waals surface area contributed by atoms with Gasteiger partial charge in [-0.25, -0.2) is 4.68 Å². The van der Waals surface area contributed by atoms with Crippen LogP contribution >= 0.6 is 0 Å². The van der Waals surface area contributed by atoms with Crippen LogP contribution in [0.2, 0.25) is 0 Å². The van der Waals surface area contributed by atoms with Crippen LogP contribution in [0.3, 0.4) is 0 Å². The van der Waals surface area contributed by atoms with Gasteiger partial charge in [-0.3, -0.25) is 9.48 Å². The fraction of sp³-hybridized carbons (Fsp3) is 0.417. The molecule has 0 aliphatic rings. The van der Waals surface area contributed by atoms with E-state index in [1.165, 1.54) is 6.07 Å². The minimum atomic E-state index is -2.74. The van der Waals surface area contributed by atoms with Gasteiger partial charge in [-0.1, -0.05) is 0 Å². The molecule has 20 heavy (non-hydrogen) atoms. The first-order chi connectivity index (χ1) is 9.58. The van der Waals surface area contributed by atoms with Crippen LogP contribution in [0.1, 0.15) is 29.2 Å². The van der Waals surface area contributed by atoms with Gasteiger partial charge in [0, 0.05) is 31.2 Å². The smallest absolute Gasteiger partial charge is 0.333 e. The molecule has 2 heterocycles. The lowest BCUT2D eigenvalue weighted by molar-refractivity contribution is 0.0560. The van der Waals surface area contributed by atoms with Gasteiger partial charge in [-0.15, -0.1) is 0 Å². The van der Waals surface area contributed by atoms with E-state index in [0.29, 0.717) is 24.2 Å². The van der Waals surface area contributed by atoms with Crippen molar-refractivity contribution in [3.63, 3.8) is 0 Å². The molecule has 6 nitrogen and oxygen atoms in total. The lowest BCUT2D eigenvalue weighted by Crippen LogP contribution is -2.26. The number of nitrogens with zero attached hydrogens (tertiary/aromatic N) is 4. The Hall–Kier alpha value is -2.25. The molecule has 108 valence electrons. The maximum absolute atomic E-state index is 12.3. The summed E-state index contributed by atoms with van der Waals surface area (Å²) in [5, 5.41) is 10.2. The van der Waals surface area contributed by atoms with E-state index in [1.807, 2.05) is 17.7 Å². The molecule has 2 aromatic rings. The van der Waals surface area contributed by atoms with Crippen molar-refractivity contribution in [2.45, 2.75) is 26.4 Å². The molecule has 2 rings (SSSR count). The Bertz CT molecular complexity index is 578. The number of carbonyl (C=O) groups excluding carboxylic acids is 1. The van der Waals surface area contributed by atoms with Crippen molar-refractivity contribution < 1.29 is 13.6 Å². The number of halogens is 2. The number of alkyl halides is 2. The SMILES string of the molecule is Cc1ccnn1CCCNC(=O)c1ccn(C(F)F)n1. The molecule has 1 amide bonds. The second-order valence-corrected chi connectivity index (χ2v) is 4.26. The quantitative estimate of drug-likeness (QED) is 0.819. The molecule has 0 bridgehead atoms. The molecular weight excluding hydrogens is 268 g/mol. The van der Waals surface area contributed by atoms with E-state index in [2.05, 4.69) is 15.5 Å². The summed E-state index contributed by atoms with van der Waals surface area (Å²) in [7, 11) is 0. The normalized spacial score (nSPS) is 11.0. The summed E-state index contributed by atoms with van der Waals surface area (Å²) in [6.45, 7) is 0.326. The van der Waals surface area contributed by atoms with Gasteiger partial charge in [-0.05, 0) is 25.5 Å². The number of aromatic nitrogens is 4. The van der Waals surface area contributed by atoms with Crippen LogP contribution in [0, 0.1) is 6.92 Å². The number of nitrogens with one attached hydrogen (secondary N) is 1. The van der Waals surface area contributed by atoms with Crippen molar-refractivity contribution in [3.8, 4) is 0 Å². The van der Waals surface area contributed by atoms with Crippen LogP contribution < -0.4 is 5.32 Å². The van der Waals surface area contributed by atoms with Crippen LogP contribution in [0.15, 0.2) is 24.5 Å². The summed E-state index contributed by atoms with van der Waals surface area (Å²) in [5.41, 5.74) is 1.03. The molecule has 0 radical (unpaired) electrons. The minimum Gasteiger partial charge on any atom is -0.351 e. The largest absolute Gasteiger partial charge is 0.351 e. The first-order valence-electron chi connectivity index (χ1n) is 6.18. The average molecular weight is 283 g/mol. The van der Waals surface area contributed by atoms with E-state index in [1.54, 1.807) is 6.20 Å². The Kier molecular flexibility index (Phi) is 4.44. The van der Waals surface area contributed by atoms with Crippen molar-refractivity contribution >= 4 is 5.91 Å². The van der Waals surface area contributed by atoms with Gasteiger partial charge in [0.2, 0.25) is 0 Å². The Labute approximate surface area is 114 Å². The number of hydrogen-bond acceptors (Lipinski definition) is 3. The maximum atomic E-state index is 12.3. The van der Waals surface area contributed by atoms with Crippen LogP contribution in [-0.4, -0.2) is 32.0 Å². The Morgan fingerprint density at radius 1 is 1.45 bits per heavy atom. The van der Waals surface area contributed by atoms with Gasteiger partial charge in [0.15, 0.2) is 0 Å². The Balaban J connectivity index is 1.76. The van der Waals surface area contributed by atoms with Crippen molar-refractivity contribution in [1.29, 1.82) is 0 Å². The van der Waals surface area contributed by atoms with Gasteiger partial charge < -0.3 is 5.32 Å². The van der Waals surface area contributed by atoms with E-state index in [4.69, 9.17) is 0 Å². The van der Waals surface area contributed by atoms with Crippen LogP contribution in [0.4, 0.5) is 8.78 Å². The zero-order valence-electron chi connectivity index (χ0n) is 11.0. The third-order valence-corrected chi connectivity index (χ3v) is 2.80. The lowest BCUT2D eigenvalue weighted by atomic mass is 10.3. The number of rotatable bonds is 6. The van der Waals surface area contributed by atoms with Crippen molar-refractivity contribution in [1.82, 2.24) is 24.9 Å². The third kappa shape index (κ3) is 3.40. The molecule has 2 aromatic heterocycles. The standard InChI is InChI=1S/C12H15F2N5O/c1-9-3-6-16-18(9)7-2-5-15-11(20)10-4-8-19(17-10)12(13)14/h3-4,6,8,12H,2,5,7H2,1H3,(H,15,20). The van der Waals surface area contributed by atoms with Gasteiger partial charge in [0.25, 0.3) is 5.91 Å². The Morgan fingerprint density at radius 2 is 2.25 bits per heavy atom. The molecule has 0 atom stereocenters. The summed E-state index contributed by atoms with van der Waals surface area (Å²) >= 11 is 0. The summed E-state index contributed by atoms with van der Waals surface area (Å²) in [5.74, 6) is -0.457. The van der Waals surface area contributed by atoms with Gasteiger partial charge >= 0.3 is 6.55 Å². The van der Waals surface area contributed by atoms with Gasteiger partial charge in [-0.2, -0.15) is 19.0 Å². The summed E-state index contributed by atoms with van der Waals surface area (Å²) < 4.78 is 26.9. The predicted molar refractivity (Wildman–Crippen MR) is 67.4 cm³/mol. The molecule has 1 N–H and O–H groups in total. The molecule has 0 aliphatic heterocycles. The third-order valence-electron chi connectivity index (χ3n) is 2.80. The number of amides is 1. The second-order valence-electron chi connectivity index (χ2n) is 4.26. The van der Waals surface area contributed by atoms with E-state index in [9.17, 15) is 13.6 Å². The molecule has 0 aromatic carbocycles. The highest BCUT2D eigenvalue weighted by atomic mass is 19.3. The van der Waals surface area contributed by atoms with Gasteiger partial charge in [0.05, 0.1) is 0 Å². The molecule has 0 saturated carbocycles. The minimum absolute atomic E-state index is 0.0134. The second kappa shape index (κ2) is 6.27. The van der Waals surface area contributed by atoms with E-state index >= 15 is 0 Å². The average Bonchev–Trinajstić information content (AvgIpc) is 3.03. The topological polar surface area (TPSA) is 64.7 Å². The molecule has 0 fully saturated rings. The zero-order valence-corrected chi connectivity index (χ0v) is 11.0. The molecule has 0 spiro atoms. The number of aryl methyl sites for hydroxylation is 2. The van der Waals surface area contributed by atoms with Gasteiger partial charge in [0.1, 0.15) is 5.69 Å². The number of carbonyl (C=O) groups is 1. The zero-order chi connectivity index (χ0) is 14.5. The fourth-order valence-corrected chi connectivity index (χ4v) is 1.72. The first-order valence-corrected chi connectivity index (χ1v) is 6.18. The predicted octanol–water partition coefficient (Wildman–Crippen LogP) is 1.60. The summed E-state index contributed by atoms with van der Waals surface area (Å²) in [6, 6.07) is 3.16. The summed E-state index contributed by atoms with van der Waals surface area (Å²) in [4.78, 5) is 11.7. The fourth-order valence-electron chi connectivity index (χ4n) is 1.72. The molecule has 0 saturated heterocycles. The lowest BCUT2D eigenvalue weighted by Gasteiger charge is -2.05. The van der Waals surface area contributed by atoms with E-state index < -0.39 is 12.5 Å². The number of hydrogen-bond donors (Lipinski definition) is 1. The molecule has 0 unspecified atom stereocenters. The molecule has 0 aliphatic carbocycles. The molecular formula is C12H15F2N5O. The van der Waals surface area contributed by atoms with Crippen LogP contribution in [0.25, 0.3) is 0 Å². The monoisotopic (exact) mass is 283 g/mol. The van der Waals surface area contributed by atoms with E-state index in [0.717, 1.165) is 11.9 Å². The van der Waals surface area contributed by atoms with Crippen molar-refractivity contribution in [2.24, 2.45) is 0 Å². The summed E-state index contributed by atoms with van der Waals surface area (Å²) in [6.07, 6.45) is 3.49. The maximum Gasteiger partial charge on any atom is 0.333 e.